The lowest BCUT2D eigenvalue weighted by Crippen LogP contribution is -2.71. The van der Waals surface area contributed by atoms with Crippen LogP contribution in [0, 0.1) is 0 Å². The van der Waals surface area contributed by atoms with E-state index in [1.165, 1.54) is 49.6 Å². The first kappa shape index (κ1) is 37.2. The lowest BCUT2D eigenvalue weighted by Gasteiger charge is -2.49. The number of oxime groups is 1. The molecule has 2 aliphatic rings. The van der Waals surface area contributed by atoms with E-state index in [1.54, 1.807) is 11.7 Å². The number of anilines is 3. The van der Waals surface area contributed by atoms with Crippen LogP contribution in [0.15, 0.2) is 27.6 Å². The number of hydrogen-bond acceptors (Lipinski definition) is 15. The molecule has 2 aromatic heterocycles. The molecule has 50 heavy (non-hydrogen) atoms. The Labute approximate surface area is 291 Å². The Morgan fingerprint density at radius 3 is 2.58 bits per heavy atom. The van der Waals surface area contributed by atoms with Crippen molar-refractivity contribution >= 4 is 87.4 Å². The molecule has 1 saturated heterocycles. The fraction of sp³-hybridized carbons (Fsp3) is 0.444. The van der Waals surface area contributed by atoms with Crippen LogP contribution in [-0.4, -0.2) is 113 Å². The summed E-state index contributed by atoms with van der Waals surface area (Å²) >= 11 is 1.95. The van der Waals surface area contributed by atoms with Crippen LogP contribution in [-0.2, 0) is 42.4 Å². The van der Waals surface area contributed by atoms with Gasteiger partial charge >= 0.3 is 18.0 Å². The Morgan fingerprint density at radius 2 is 1.96 bits per heavy atom. The number of thioether (sulfide) groups is 1. The largest absolute Gasteiger partial charge is 0.478 e. The molecular formula is C27H35N12O9S2+. The van der Waals surface area contributed by atoms with Crippen LogP contribution in [0.5, 0.6) is 0 Å². The summed E-state index contributed by atoms with van der Waals surface area (Å²) in [4.78, 5) is 88.0. The van der Waals surface area contributed by atoms with Gasteiger partial charge in [0.05, 0.1) is 13.6 Å². The summed E-state index contributed by atoms with van der Waals surface area (Å²) in [5, 5.41) is 30.1. The molecule has 2 atom stereocenters. The van der Waals surface area contributed by atoms with E-state index in [0.29, 0.717) is 5.57 Å². The third-order valence-corrected chi connectivity index (χ3v) is 9.09. The van der Waals surface area contributed by atoms with Crippen LogP contribution < -0.4 is 32.1 Å². The number of carbonyl (C=O) groups is 6. The maximum absolute atomic E-state index is 13.3. The number of nitrogens with one attached hydrogen (secondary N) is 3. The van der Waals surface area contributed by atoms with Crippen molar-refractivity contribution in [3.63, 3.8) is 0 Å². The maximum Gasteiger partial charge on any atom is 0.352 e. The van der Waals surface area contributed by atoms with E-state index >= 15 is 0 Å². The second-order valence-corrected chi connectivity index (χ2v) is 13.2. The molecule has 21 nitrogen and oxygen atoms in total. The van der Waals surface area contributed by atoms with E-state index in [-0.39, 0.29) is 65.7 Å². The number of nitrogens with zero attached hydrogens (tertiary/aromatic N) is 7. The van der Waals surface area contributed by atoms with Gasteiger partial charge in [0.1, 0.15) is 22.9 Å². The number of aliphatic carboxylic acids is 2. The van der Waals surface area contributed by atoms with Gasteiger partial charge in [0.2, 0.25) is 23.3 Å². The van der Waals surface area contributed by atoms with Gasteiger partial charge in [0.25, 0.3) is 11.8 Å². The van der Waals surface area contributed by atoms with Crippen molar-refractivity contribution in [1.82, 2.24) is 29.6 Å². The number of amides is 4. The number of Topliss-reactive ketones (excluding diaryl/α,β-unsaturated/α-hetero) is 1. The molecule has 0 spiro atoms. The molecule has 4 amide bonds. The van der Waals surface area contributed by atoms with E-state index in [2.05, 4.69) is 35.5 Å². The summed E-state index contributed by atoms with van der Waals surface area (Å²) in [6.07, 6.45) is 3.19. The number of aromatic nitrogens is 4. The van der Waals surface area contributed by atoms with Gasteiger partial charge in [0.15, 0.2) is 23.2 Å². The van der Waals surface area contributed by atoms with Gasteiger partial charge in [-0.25, -0.2) is 14.4 Å². The number of carboxylic acid groups (broad SMARTS) is 2. The Balaban J connectivity index is 1.46. The Hall–Kier alpha value is -5.58. The molecule has 0 bridgehead atoms. The van der Waals surface area contributed by atoms with Crippen molar-refractivity contribution in [1.29, 1.82) is 0 Å². The number of nitrogens with two attached hydrogens (primary N) is 2. The maximum atomic E-state index is 13.3. The molecule has 23 heteroatoms. The smallest absolute Gasteiger partial charge is 0.352 e. The normalized spacial score (nSPS) is 17.6. The highest BCUT2D eigenvalue weighted by Gasteiger charge is 2.55. The fourth-order valence-corrected chi connectivity index (χ4v) is 6.24. The van der Waals surface area contributed by atoms with Crippen LogP contribution in [0.4, 0.5) is 21.4 Å². The number of β-lactam (4-membered cyclic amide) rings is 1. The minimum atomic E-state index is -1.83. The molecule has 0 saturated carbocycles. The Kier molecular flexibility index (Phi) is 11.4. The van der Waals surface area contributed by atoms with Gasteiger partial charge in [-0.1, -0.05) is 5.16 Å². The predicted octanol–water partition coefficient (Wildman–Crippen LogP) is -1.48. The Morgan fingerprint density at radius 1 is 1.24 bits per heavy atom. The van der Waals surface area contributed by atoms with Crippen molar-refractivity contribution in [2.75, 3.05) is 35.6 Å². The van der Waals surface area contributed by atoms with Gasteiger partial charge in [-0.05, 0) is 20.8 Å². The molecule has 268 valence electrons. The van der Waals surface area contributed by atoms with Crippen molar-refractivity contribution < 1.29 is 48.5 Å². The molecule has 0 unspecified atom stereocenters. The molecule has 2 aromatic rings. The second-order valence-electron chi connectivity index (χ2n) is 11.3. The molecule has 9 N–H and O–H groups in total. The molecule has 0 aliphatic carbocycles. The second kappa shape index (κ2) is 15.3. The number of aliphatic imine (C=N–C) groups is 1. The first-order valence-electron chi connectivity index (χ1n) is 14.7. The fourth-order valence-electron chi connectivity index (χ4n) is 4.47. The quantitative estimate of drug-likeness (QED) is 0.0361. The van der Waals surface area contributed by atoms with Crippen molar-refractivity contribution in [3.05, 3.63) is 23.3 Å². The molecule has 0 radical (unpaired) electrons. The zero-order valence-corrected chi connectivity index (χ0v) is 28.8. The average Bonchev–Trinajstić information content (AvgIpc) is 3.58. The van der Waals surface area contributed by atoms with Crippen LogP contribution in [0.3, 0.4) is 0 Å². The minimum absolute atomic E-state index is 0.0108. The summed E-state index contributed by atoms with van der Waals surface area (Å²) in [6, 6.07) is -1.74. The molecule has 0 aromatic carbocycles. The van der Waals surface area contributed by atoms with Crippen LogP contribution in [0.2, 0.25) is 0 Å². The number of rotatable bonds is 15. The number of nitrogen functional groups attached to an aromatic ring is 2. The SMILES string of the molecule is CC(=O)CC=NCCNC(=O)Nc1c[n+](CC2=C(C(=O)O)N3C(=O)[C@@H](NC(=O)/C(=N\OC(C)(C)C(=O)O)c4nsc(N)n4)[C@H]3SC2)n(C)c1N. The highest BCUT2D eigenvalue weighted by atomic mass is 32.2. The highest BCUT2D eigenvalue weighted by molar-refractivity contribution is 8.00. The standard InChI is InChI=1S/C27H34N12O9S2/c1-12(40)5-6-30-7-8-31-26(47)32-14-10-38(37(4)18(14)28)9-13-11-49-22-16(21(42)39(22)17(13)23(43)44)33-20(41)15(19-34-25(29)50-36-19)35-48-27(2,3)24(45)46/h6,10,16,22,28H,5,7-9,11H2,1-4H3,(H7,29,31,32,33,34,36,41,43,44,45,46,47)/p+1/b30-6?,35-15-/t16-,22-/m1/s1. The minimum Gasteiger partial charge on any atom is -0.478 e. The van der Waals surface area contributed by atoms with E-state index < -0.39 is 52.5 Å². The van der Waals surface area contributed by atoms with Crippen LogP contribution in [0.1, 0.15) is 33.0 Å². The van der Waals surface area contributed by atoms with E-state index in [1.807, 2.05) is 0 Å². The molecule has 4 rings (SSSR count). The Bertz CT molecular complexity index is 1820. The third-order valence-electron chi connectivity index (χ3n) is 7.21. The van der Waals surface area contributed by atoms with E-state index in [0.717, 1.165) is 16.4 Å². The number of fused-ring (bicyclic) bond motifs is 1. The highest BCUT2D eigenvalue weighted by Crippen LogP contribution is 2.40. The van der Waals surface area contributed by atoms with Gasteiger partial charge in [-0.2, -0.15) is 9.36 Å². The van der Waals surface area contributed by atoms with Crippen molar-refractivity contribution in [3.8, 4) is 0 Å². The van der Waals surface area contributed by atoms with Crippen molar-refractivity contribution in [2.24, 2.45) is 17.2 Å². The summed E-state index contributed by atoms with van der Waals surface area (Å²) < 4.78 is 6.99. The zero-order valence-electron chi connectivity index (χ0n) is 27.2. The summed E-state index contributed by atoms with van der Waals surface area (Å²) in [6.45, 7) is 4.31. The summed E-state index contributed by atoms with van der Waals surface area (Å²) in [7, 11) is 1.60. The molecule has 2 aliphatic heterocycles. The van der Waals surface area contributed by atoms with Crippen molar-refractivity contribution in [2.45, 2.75) is 50.8 Å². The predicted molar refractivity (Wildman–Crippen MR) is 179 cm³/mol. The number of urea groups is 1. The molecule has 4 heterocycles. The first-order valence-corrected chi connectivity index (χ1v) is 16.5. The van der Waals surface area contributed by atoms with Crippen LogP contribution in [0.25, 0.3) is 0 Å². The number of ketones is 1. The molecule has 1 fully saturated rings. The molecular weight excluding hydrogens is 701 g/mol. The van der Waals surface area contributed by atoms with Gasteiger partial charge in [-0.15, -0.1) is 21.1 Å². The number of hydrogen-bond donors (Lipinski definition) is 7. The monoisotopic (exact) mass is 735 g/mol. The topological polar surface area (TPSA) is 303 Å². The lowest BCUT2D eigenvalue weighted by atomic mass is 10.0. The van der Waals surface area contributed by atoms with E-state index in [9.17, 15) is 39.0 Å². The number of carbonyl (C=O) groups excluding carboxylic acids is 4. The number of carboxylic acids is 2. The average molecular weight is 736 g/mol. The van der Waals surface area contributed by atoms with Crippen LogP contribution >= 0.6 is 23.3 Å². The first-order chi connectivity index (χ1) is 23.5. The summed E-state index contributed by atoms with van der Waals surface area (Å²) in [5.74, 6) is -4.41. The lowest BCUT2D eigenvalue weighted by molar-refractivity contribution is -0.765. The third kappa shape index (κ3) is 8.34. The van der Waals surface area contributed by atoms with Gasteiger partial charge in [0, 0.05) is 42.0 Å². The zero-order chi connectivity index (χ0) is 36.9. The van der Waals surface area contributed by atoms with E-state index in [4.69, 9.17) is 16.3 Å². The van der Waals surface area contributed by atoms with Gasteiger partial charge < -0.3 is 37.2 Å². The summed E-state index contributed by atoms with van der Waals surface area (Å²) in [5.41, 5.74) is 9.79. The van der Waals surface area contributed by atoms with Gasteiger partial charge in [-0.3, -0.25) is 29.6 Å².